The Morgan fingerprint density at radius 2 is 1.12 bits per heavy atom. The van der Waals surface area contributed by atoms with Gasteiger partial charge in [0.15, 0.2) is 0 Å². The van der Waals surface area contributed by atoms with Crippen LogP contribution in [0.3, 0.4) is 0 Å². The number of benzene rings is 5. The summed E-state index contributed by atoms with van der Waals surface area (Å²) in [5, 5.41) is 1.47. The molecule has 0 aliphatic carbocycles. The van der Waals surface area contributed by atoms with E-state index in [0.29, 0.717) is 0 Å². The predicted octanol–water partition coefficient (Wildman–Crippen LogP) is 6.94. The van der Waals surface area contributed by atoms with Gasteiger partial charge in [-0.15, -0.1) is 0 Å². The summed E-state index contributed by atoms with van der Waals surface area (Å²) in [7, 11) is 0.833. The average Bonchev–Trinajstić information content (AvgIpc) is 3.53. The van der Waals surface area contributed by atoms with Crippen LogP contribution in [0.4, 0.5) is 0 Å². The third-order valence-corrected chi connectivity index (χ3v) is 12.3. The minimum atomic E-state index is -1.50. The number of aromatic nitrogens is 2. The molecule has 1 heterocycles. The monoisotopic (exact) mass is 591 g/mol. The highest BCUT2D eigenvalue weighted by atomic mass is 32.1. The van der Waals surface area contributed by atoms with E-state index in [1.165, 1.54) is 27.4 Å². The molecule has 1 unspecified atom stereocenters. The van der Waals surface area contributed by atoms with E-state index in [1.54, 1.807) is 0 Å². The standard InChI is InChI=1S/C38H36BN2SSi/c42-38(33-20-10-3-11-21-33,34-22-12-4-13-23-34)26-29-43(35-24-14-5-15-25-35)30-41-28-27-40-37(41)39-36(31-16-6-1-7-17-31)32-18-8-2-9-19-32/h1-25,27-28,36,42-43H,26,29-30H2. The van der Waals surface area contributed by atoms with Crippen molar-refractivity contribution < 1.29 is 0 Å². The quantitative estimate of drug-likeness (QED) is 0.121. The predicted molar refractivity (Wildman–Crippen MR) is 188 cm³/mol. The van der Waals surface area contributed by atoms with Crippen LogP contribution in [0, 0.1) is 0 Å². The third-order valence-electron chi connectivity index (χ3n) is 8.43. The molecule has 0 amide bonds. The summed E-state index contributed by atoms with van der Waals surface area (Å²) >= 11 is 5.44. The van der Waals surface area contributed by atoms with E-state index < -0.39 is 8.80 Å². The van der Waals surface area contributed by atoms with Gasteiger partial charge in [0.25, 0.3) is 0 Å². The fraction of sp³-hybridized carbons (Fsp3) is 0.132. The van der Waals surface area contributed by atoms with Gasteiger partial charge < -0.3 is 4.57 Å². The summed E-state index contributed by atoms with van der Waals surface area (Å²) in [6, 6.07) is 55.2. The minimum Gasteiger partial charge on any atom is -0.346 e. The van der Waals surface area contributed by atoms with Crippen molar-refractivity contribution >= 4 is 39.6 Å². The first kappa shape index (κ1) is 29.0. The maximum atomic E-state index is 5.44. The SMILES string of the molecule is SC(CC[SiH](Cn1ccnc1[B]C(c1ccccc1)c1ccccc1)c1ccccc1)(c1ccccc1)c1ccccc1. The first-order valence-corrected chi connectivity index (χ1v) is 17.7. The van der Waals surface area contributed by atoms with E-state index in [2.05, 4.69) is 170 Å². The highest BCUT2D eigenvalue weighted by Crippen LogP contribution is 2.41. The molecule has 0 fully saturated rings. The number of thiol groups is 1. The van der Waals surface area contributed by atoms with Crippen LogP contribution in [0.5, 0.6) is 0 Å². The molecule has 0 N–H and O–H groups in total. The molecule has 2 nitrogen and oxygen atoms in total. The molecular weight excluding hydrogens is 555 g/mol. The maximum absolute atomic E-state index is 5.44. The summed E-state index contributed by atoms with van der Waals surface area (Å²) in [5.74, 6) is 0.127. The van der Waals surface area contributed by atoms with Crippen molar-refractivity contribution in [1.29, 1.82) is 0 Å². The van der Waals surface area contributed by atoms with Crippen molar-refractivity contribution in [3.63, 3.8) is 0 Å². The molecule has 0 aliphatic heterocycles. The highest BCUT2D eigenvalue weighted by molar-refractivity contribution is 7.81. The largest absolute Gasteiger partial charge is 0.346 e. The number of imidazole rings is 1. The molecule has 0 saturated heterocycles. The van der Waals surface area contributed by atoms with Crippen LogP contribution >= 0.6 is 12.6 Å². The van der Waals surface area contributed by atoms with Gasteiger partial charge in [0.2, 0.25) is 7.28 Å². The molecule has 1 aromatic heterocycles. The fourth-order valence-corrected chi connectivity index (χ4v) is 9.81. The first-order chi connectivity index (χ1) is 21.2. The van der Waals surface area contributed by atoms with E-state index in [0.717, 1.165) is 24.4 Å². The van der Waals surface area contributed by atoms with Gasteiger partial charge in [-0.2, -0.15) is 12.6 Å². The number of hydrogen-bond donors (Lipinski definition) is 1. The van der Waals surface area contributed by atoms with Gasteiger partial charge in [0.05, 0.1) is 19.3 Å². The fourth-order valence-electron chi connectivity index (χ4n) is 6.08. The molecule has 0 spiro atoms. The highest BCUT2D eigenvalue weighted by Gasteiger charge is 2.32. The molecule has 1 radical (unpaired) electrons. The Morgan fingerprint density at radius 3 is 1.63 bits per heavy atom. The number of hydrogen-bond acceptors (Lipinski definition) is 2. The van der Waals surface area contributed by atoms with Gasteiger partial charge in [0.1, 0.15) is 0 Å². The Bertz CT molecular complexity index is 1600. The molecule has 6 rings (SSSR count). The molecule has 0 aliphatic rings. The van der Waals surface area contributed by atoms with Gasteiger partial charge in [-0.1, -0.05) is 163 Å². The van der Waals surface area contributed by atoms with Crippen LogP contribution < -0.4 is 10.9 Å². The van der Waals surface area contributed by atoms with Gasteiger partial charge >= 0.3 is 0 Å². The second-order valence-corrected chi connectivity index (χ2v) is 14.9. The zero-order chi connectivity index (χ0) is 29.3. The van der Waals surface area contributed by atoms with Crippen molar-refractivity contribution in [3.05, 3.63) is 186 Å². The van der Waals surface area contributed by atoms with E-state index in [9.17, 15) is 0 Å². The van der Waals surface area contributed by atoms with E-state index in [1.807, 2.05) is 6.20 Å². The Hall–Kier alpha value is -4.06. The van der Waals surface area contributed by atoms with Crippen molar-refractivity contribution in [2.24, 2.45) is 0 Å². The normalized spacial score (nSPS) is 12.2. The summed E-state index contributed by atoms with van der Waals surface area (Å²) in [4.78, 5) is 4.87. The topological polar surface area (TPSA) is 17.8 Å². The smallest absolute Gasteiger partial charge is 0.215 e. The van der Waals surface area contributed by atoms with Crippen molar-refractivity contribution in [2.75, 3.05) is 0 Å². The molecule has 6 aromatic rings. The summed E-state index contributed by atoms with van der Waals surface area (Å²) in [6.07, 6.45) is 6.04. The van der Waals surface area contributed by atoms with Crippen LogP contribution in [0.2, 0.25) is 6.04 Å². The molecule has 43 heavy (non-hydrogen) atoms. The average molecular weight is 592 g/mol. The Morgan fingerprint density at radius 1 is 0.651 bits per heavy atom. The third kappa shape index (κ3) is 6.96. The molecule has 5 heteroatoms. The summed E-state index contributed by atoms with van der Waals surface area (Å²) in [5.41, 5.74) is 6.05. The van der Waals surface area contributed by atoms with Crippen LogP contribution in [-0.4, -0.2) is 25.6 Å². The zero-order valence-electron chi connectivity index (χ0n) is 24.3. The lowest BCUT2D eigenvalue weighted by Gasteiger charge is -2.32. The Labute approximate surface area is 263 Å². The van der Waals surface area contributed by atoms with Crippen LogP contribution in [0.1, 0.15) is 34.5 Å². The first-order valence-electron chi connectivity index (χ1n) is 15.0. The molecule has 0 saturated carbocycles. The summed E-state index contributed by atoms with van der Waals surface area (Å²) < 4.78 is 2.02. The van der Waals surface area contributed by atoms with Gasteiger partial charge in [0, 0.05) is 18.6 Å². The van der Waals surface area contributed by atoms with E-state index in [4.69, 9.17) is 17.6 Å². The number of nitrogens with zero attached hydrogens (tertiary/aromatic N) is 2. The summed E-state index contributed by atoms with van der Waals surface area (Å²) in [6.45, 7) is 0. The Kier molecular flexibility index (Phi) is 9.41. The van der Waals surface area contributed by atoms with Crippen LogP contribution in [0.25, 0.3) is 0 Å². The zero-order valence-corrected chi connectivity index (χ0v) is 26.3. The maximum Gasteiger partial charge on any atom is 0.215 e. The van der Waals surface area contributed by atoms with E-state index in [-0.39, 0.29) is 10.6 Å². The molecule has 5 aromatic carbocycles. The lowest BCUT2D eigenvalue weighted by Crippen LogP contribution is -2.41. The molecular formula is C38H36BN2SSi. The van der Waals surface area contributed by atoms with Crippen molar-refractivity contribution in [1.82, 2.24) is 9.55 Å². The number of rotatable bonds is 12. The molecule has 1 atom stereocenters. The minimum absolute atomic E-state index is 0.127. The molecule has 0 bridgehead atoms. The molecule has 211 valence electrons. The van der Waals surface area contributed by atoms with Gasteiger partial charge in [-0.25, -0.2) is 0 Å². The van der Waals surface area contributed by atoms with Crippen LogP contribution in [0.15, 0.2) is 164 Å². The lowest BCUT2D eigenvalue weighted by atomic mass is 9.58. The second-order valence-electron chi connectivity index (χ2n) is 11.1. The van der Waals surface area contributed by atoms with Gasteiger partial charge in [-0.05, 0) is 34.5 Å². The van der Waals surface area contributed by atoms with Crippen LogP contribution in [-0.2, 0) is 10.9 Å². The van der Waals surface area contributed by atoms with E-state index >= 15 is 0 Å². The Balaban J connectivity index is 1.30. The second kappa shape index (κ2) is 13.9. The van der Waals surface area contributed by atoms with Crippen molar-refractivity contribution in [2.45, 2.75) is 29.2 Å². The lowest BCUT2D eigenvalue weighted by molar-refractivity contribution is 0.707. The van der Waals surface area contributed by atoms with Crippen molar-refractivity contribution in [3.8, 4) is 0 Å². The van der Waals surface area contributed by atoms with Gasteiger partial charge in [-0.3, -0.25) is 4.98 Å².